The maximum Gasteiger partial charge on any atom is 0.211 e. The zero-order chi connectivity index (χ0) is 14.8. The number of sulfonamides is 1. The Morgan fingerprint density at radius 3 is 2.75 bits per heavy atom. The lowest BCUT2D eigenvalue weighted by molar-refractivity contribution is -0.117. The van der Waals surface area contributed by atoms with Crippen LogP contribution in [0.15, 0.2) is 11.6 Å². The number of piperidine rings is 1. The van der Waals surface area contributed by atoms with Crippen molar-refractivity contribution in [3.05, 3.63) is 11.6 Å². The molecule has 20 heavy (non-hydrogen) atoms. The van der Waals surface area contributed by atoms with Gasteiger partial charge in [-0.3, -0.25) is 4.79 Å². The Labute approximate surface area is 122 Å². The van der Waals surface area contributed by atoms with Crippen molar-refractivity contribution in [1.29, 1.82) is 0 Å². The number of rotatable bonds is 4. The van der Waals surface area contributed by atoms with Crippen LogP contribution >= 0.6 is 0 Å². The van der Waals surface area contributed by atoms with E-state index >= 15 is 0 Å². The largest absolute Gasteiger partial charge is 0.295 e. The van der Waals surface area contributed by atoms with E-state index in [2.05, 4.69) is 13.0 Å². The molecule has 0 N–H and O–H groups in total. The second-order valence-corrected chi connectivity index (χ2v) is 8.35. The number of Topliss-reactive ketones (excluding diaryl/α,β-unsaturated/α-hetero) is 1. The van der Waals surface area contributed by atoms with Gasteiger partial charge in [0.15, 0.2) is 5.78 Å². The van der Waals surface area contributed by atoms with Gasteiger partial charge in [0.1, 0.15) is 0 Å². The minimum Gasteiger partial charge on any atom is -0.295 e. The lowest BCUT2D eigenvalue weighted by atomic mass is 9.85. The molecule has 1 heterocycles. The van der Waals surface area contributed by atoms with Crippen molar-refractivity contribution in [1.82, 2.24) is 4.31 Å². The first-order chi connectivity index (χ1) is 9.36. The van der Waals surface area contributed by atoms with Gasteiger partial charge in [0.25, 0.3) is 0 Å². The van der Waals surface area contributed by atoms with Crippen molar-refractivity contribution >= 4 is 15.8 Å². The lowest BCUT2D eigenvalue weighted by Gasteiger charge is -2.31. The molecule has 0 aromatic heterocycles. The Kier molecular flexibility index (Phi) is 5.02. The van der Waals surface area contributed by atoms with E-state index in [1.54, 1.807) is 0 Å². The third-order valence-corrected chi connectivity index (χ3v) is 5.73. The van der Waals surface area contributed by atoms with Gasteiger partial charge in [0.2, 0.25) is 10.0 Å². The van der Waals surface area contributed by atoms with E-state index in [9.17, 15) is 13.2 Å². The van der Waals surface area contributed by atoms with E-state index in [1.807, 2.05) is 0 Å². The molecule has 0 amide bonds. The first-order valence-electron chi connectivity index (χ1n) is 7.53. The molecule has 5 heteroatoms. The molecule has 0 radical (unpaired) electrons. The van der Waals surface area contributed by atoms with Crippen LogP contribution in [0.5, 0.6) is 0 Å². The second kappa shape index (κ2) is 6.39. The number of carbonyl (C=O) groups is 1. The van der Waals surface area contributed by atoms with Gasteiger partial charge < -0.3 is 0 Å². The highest BCUT2D eigenvalue weighted by molar-refractivity contribution is 7.88. The van der Waals surface area contributed by atoms with Crippen LogP contribution in [0.4, 0.5) is 0 Å². The summed E-state index contributed by atoms with van der Waals surface area (Å²) in [6.45, 7) is 3.32. The van der Waals surface area contributed by atoms with Crippen molar-refractivity contribution in [2.75, 3.05) is 19.3 Å². The summed E-state index contributed by atoms with van der Waals surface area (Å²) >= 11 is 0. The van der Waals surface area contributed by atoms with Gasteiger partial charge in [-0.05, 0) is 49.5 Å². The number of nitrogens with zero attached hydrogens (tertiary/aromatic N) is 1. The highest BCUT2D eigenvalue weighted by Gasteiger charge is 2.28. The van der Waals surface area contributed by atoms with Gasteiger partial charge in [0, 0.05) is 19.5 Å². The van der Waals surface area contributed by atoms with Crippen LogP contribution in [0, 0.1) is 11.8 Å². The summed E-state index contributed by atoms with van der Waals surface area (Å²) in [5.74, 6) is 1.10. The molecule has 2 unspecified atom stereocenters. The fourth-order valence-corrected chi connectivity index (χ4v) is 4.05. The average molecular weight is 299 g/mol. The van der Waals surface area contributed by atoms with Crippen LogP contribution in [0.25, 0.3) is 0 Å². The summed E-state index contributed by atoms with van der Waals surface area (Å²) in [5, 5.41) is 0. The Bertz CT molecular complexity index is 495. The quantitative estimate of drug-likeness (QED) is 0.801. The minimum atomic E-state index is -3.12. The predicted molar refractivity (Wildman–Crippen MR) is 79.9 cm³/mol. The summed E-state index contributed by atoms with van der Waals surface area (Å²) in [6, 6.07) is 0. The molecule has 2 aliphatic rings. The van der Waals surface area contributed by atoms with Gasteiger partial charge in [0.05, 0.1) is 6.26 Å². The summed E-state index contributed by atoms with van der Waals surface area (Å²) in [4.78, 5) is 12.3. The monoisotopic (exact) mass is 299 g/mol. The van der Waals surface area contributed by atoms with Crippen molar-refractivity contribution in [3.63, 3.8) is 0 Å². The molecular formula is C15H25NO3S. The maximum absolute atomic E-state index is 12.3. The van der Waals surface area contributed by atoms with Crippen molar-refractivity contribution in [3.8, 4) is 0 Å². The number of hydrogen-bond donors (Lipinski definition) is 0. The number of allylic oxidation sites excluding steroid dienone is 2. The molecular weight excluding hydrogens is 274 g/mol. The molecule has 0 spiro atoms. The third-order valence-electron chi connectivity index (χ3n) is 4.46. The van der Waals surface area contributed by atoms with Crippen LogP contribution < -0.4 is 0 Å². The Morgan fingerprint density at radius 1 is 1.40 bits per heavy atom. The summed E-state index contributed by atoms with van der Waals surface area (Å²) in [7, 11) is -3.12. The van der Waals surface area contributed by atoms with Gasteiger partial charge >= 0.3 is 0 Å². The Hall–Kier alpha value is -0.680. The Morgan fingerprint density at radius 2 is 2.15 bits per heavy atom. The van der Waals surface area contributed by atoms with E-state index in [4.69, 9.17) is 0 Å². The normalized spacial score (nSPS) is 29.0. The highest BCUT2D eigenvalue weighted by Crippen LogP contribution is 2.27. The first kappa shape index (κ1) is 15.7. The van der Waals surface area contributed by atoms with Crippen molar-refractivity contribution < 1.29 is 13.2 Å². The molecule has 0 aromatic carbocycles. The number of ketones is 1. The molecule has 4 nitrogen and oxygen atoms in total. The van der Waals surface area contributed by atoms with E-state index in [-0.39, 0.29) is 11.7 Å². The maximum atomic E-state index is 12.3. The molecule has 1 aliphatic heterocycles. The molecule has 2 atom stereocenters. The van der Waals surface area contributed by atoms with E-state index in [0.717, 1.165) is 37.7 Å². The average Bonchev–Trinajstić information content (AvgIpc) is 2.38. The minimum absolute atomic E-state index is 0.186. The van der Waals surface area contributed by atoms with Crippen LogP contribution in [-0.2, 0) is 14.8 Å². The zero-order valence-electron chi connectivity index (χ0n) is 12.5. The predicted octanol–water partition coefficient (Wildman–Crippen LogP) is 2.36. The van der Waals surface area contributed by atoms with Gasteiger partial charge in [-0.25, -0.2) is 12.7 Å². The smallest absolute Gasteiger partial charge is 0.211 e. The summed E-state index contributed by atoms with van der Waals surface area (Å²) < 4.78 is 24.7. The standard InChI is InChI=1S/C15H25NO3S/c1-12-5-7-14(8-6-12)15(17)10-13-4-3-9-16(11-13)20(2,18)19/h7,12-13H,3-6,8-11H2,1-2H3. The van der Waals surface area contributed by atoms with Crippen molar-refractivity contribution in [2.45, 2.75) is 45.4 Å². The molecule has 1 aliphatic carbocycles. The zero-order valence-corrected chi connectivity index (χ0v) is 13.3. The first-order valence-corrected chi connectivity index (χ1v) is 9.38. The fourth-order valence-electron chi connectivity index (χ4n) is 3.11. The molecule has 1 saturated heterocycles. The highest BCUT2D eigenvalue weighted by atomic mass is 32.2. The van der Waals surface area contributed by atoms with Gasteiger partial charge in [-0.1, -0.05) is 13.0 Å². The second-order valence-electron chi connectivity index (χ2n) is 6.37. The van der Waals surface area contributed by atoms with Crippen LogP contribution in [0.1, 0.15) is 45.4 Å². The molecule has 1 fully saturated rings. The van der Waals surface area contributed by atoms with E-state index in [1.165, 1.54) is 10.6 Å². The molecule has 2 rings (SSSR count). The topological polar surface area (TPSA) is 54.5 Å². The van der Waals surface area contributed by atoms with E-state index < -0.39 is 10.0 Å². The van der Waals surface area contributed by atoms with E-state index in [0.29, 0.717) is 25.4 Å². The summed E-state index contributed by atoms with van der Waals surface area (Å²) in [5.41, 5.74) is 0.972. The fraction of sp³-hybridized carbons (Fsp3) is 0.800. The van der Waals surface area contributed by atoms with Crippen molar-refractivity contribution in [2.24, 2.45) is 11.8 Å². The molecule has 0 aromatic rings. The molecule has 0 bridgehead atoms. The number of carbonyl (C=O) groups excluding carboxylic acids is 1. The van der Waals surface area contributed by atoms with Crippen LogP contribution in [0.3, 0.4) is 0 Å². The molecule has 0 saturated carbocycles. The third kappa shape index (κ3) is 4.16. The Balaban J connectivity index is 1.91. The van der Waals surface area contributed by atoms with Crippen LogP contribution in [-0.4, -0.2) is 37.9 Å². The van der Waals surface area contributed by atoms with Gasteiger partial charge in [-0.2, -0.15) is 0 Å². The SMILES string of the molecule is CC1CC=C(C(=O)CC2CCCN(S(C)(=O)=O)C2)CC1. The van der Waals surface area contributed by atoms with Crippen LogP contribution in [0.2, 0.25) is 0 Å². The van der Waals surface area contributed by atoms with Gasteiger partial charge in [-0.15, -0.1) is 0 Å². The molecule has 114 valence electrons. The lowest BCUT2D eigenvalue weighted by Crippen LogP contribution is -2.39. The summed E-state index contributed by atoms with van der Waals surface area (Å²) in [6.07, 6.45) is 8.66. The number of hydrogen-bond acceptors (Lipinski definition) is 3.